The van der Waals surface area contributed by atoms with E-state index in [1.807, 2.05) is 44.2 Å². The fourth-order valence-electron chi connectivity index (χ4n) is 3.45. The maximum Gasteiger partial charge on any atom is 0.271 e. The number of aryl methyl sites for hydroxylation is 1. The van der Waals surface area contributed by atoms with E-state index < -0.39 is 0 Å². The topological polar surface area (TPSA) is 59.9 Å². The molecule has 0 spiro atoms. The van der Waals surface area contributed by atoms with E-state index in [-0.39, 0.29) is 5.91 Å². The molecule has 6 heteroatoms. The minimum Gasteiger partial charge on any atom is -0.490 e. The molecule has 1 N–H and O–H groups in total. The van der Waals surface area contributed by atoms with Gasteiger partial charge in [-0.1, -0.05) is 54.1 Å². The number of carbonyl (C=O) groups excluding carboxylic acids is 1. The molecule has 1 amide bonds. The highest BCUT2D eigenvalue weighted by molar-refractivity contribution is 6.31. The van der Waals surface area contributed by atoms with Crippen molar-refractivity contribution in [3.8, 4) is 11.5 Å². The SMILES string of the molecule is CCOc1cc(/C=N\NC(=O)c2ccc(C)c(Cl)c2)ccc1OCc1ccc2ccccc2c1. The van der Waals surface area contributed by atoms with Gasteiger partial charge in [0.1, 0.15) is 6.61 Å². The van der Waals surface area contributed by atoms with Crippen molar-refractivity contribution >= 4 is 34.5 Å². The smallest absolute Gasteiger partial charge is 0.271 e. The lowest BCUT2D eigenvalue weighted by atomic mass is 10.1. The van der Waals surface area contributed by atoms with Crippen molar-refractivity contribution in [2.75, 3.05) is 6.61 Å². The first kappa shape index (κ1) is 23.3. The van der Waals surface area contributed by atoms with Crippen LogP contribution in [0.2, 0.25) is 5.02 Å². The highest BCUT2D eigenvalue weighted by Gasteiger charge is 2.08. The van der Waals surface area contributed by atoms with E-state index in [4.69, 9.17) is 21.1 Å². The molecule has 172 valence electrons. The van der Waals surface area contributed by atoms with Crippen LogP contribution in [-0.4, -0.2) is 18.7 Å². The molecule has 0 saturated heterocycles. The summed E-state index contributed by atoms with van der Waals surface area (Å²) in [5.74, 6) is 0.924. The summed E-state index contributed by atoms with van der Waals surface area (Å²) in [5, 5.41) is 6.97. The van der Waals surface area contributed by atoms with Crippen molar-refractivity contribution < 1.29 is 14.3 Å². The third-order valence-corrected chi connectivity index (χ3v) is 5.70. The zero-order valence-corrected chi connectivity index (χ0v) is 19.8. The molecule has 0 atom stereocenters. The quantitative estimate of drug-likeness (QED) is 0.234. The largest absolute Gasteiger partial charge is 0.490 e. The van der Waals surface area contributed by atoms with E-state index in [2.05, 4.69) is 40.9 Å². The molecule has 0 radical (unpaired) electrons. The predicted molar refractivity (Wildman–Crippen MR) is 137 cm³/mol. The third-order valence-electron chi connectivity index (χ3n) is 5.29. The van der Waals surface area contributed by atoms with E-state index in [1.54, 1.807) is 24.4 Å². The number of ether oxygens (including phenoxy) is 2. The van der Waals surface area contributed by atoms with Crippen LogP contribution in [0.4, 0.5) is 0 Å². The van der Waals surface area contributed by atoms with Gasteiger partial charge in [0.05, 0.1) is 12.8 Å². The van der Waals surface area contributed by atoms with Crippen LogP contribution in [0.15, 0.2) is 84.0 Å². The normalized spacial score (nSPS) is 11.0. The van der Waals surface area contributed by atoms with Crippen molar-refractivity contribution in [2.45, 2.75) is 20.5 Å². The Morgan fingerprint density at radius 2 is 1.76 bits per heavy atom. The van der Waals surface area contributed by atoms with Gasteiger partial charge in [0.2, 0.25) is 0 Å². The monoisotopic (exact) mass is 472 g/mol. The number of benzene rings is 4. The van der Waals surface area contributed by atoms with Crippen LogP contribution in [0.3, 0.4) is 0 Å². The number of carbonyl (C=O) groups is 1. The Labute approximate surface area is 204 Å². The van der Waals surface area contributed by atoms with Gasteiger partial charge in [0.25, 0.3) is 5.91 Å². The average Bonchev–Trinajstić information content (AvgIpc) is 2.85. The fraction of sp³-hybridized carbons (Fsp3) is 0.143. The molecule has 0 fully saturated rings. The first-order chi connectivity index (χ1) is 16.5. The van der Waals surface area contributed by atoms with Gasteiger partial charge in [0.15, 0.2) is 11.5 Å². The summed E-state index contributed by atoms with van der Waals surface area (Å²) in [5.41, 5.74) is 5.72. The van der Waals surface area contributed by atoms with Gasteiger partial charge in [-0.05, 0) is 77.7 Å². The summed E-state index contributed by atoms with van der Waals surface area (Å²) >= 11 is 6.10. The molecule has 0 bridgehead atoms. The maximum absolute atomic E-state index is 12.3. The number of amides is 1. The Kier molecular flexibility index (Phi) is 7.45. The molecule has 0 aliphatic carbocycles. The van der Waals surface area contributed by atoms with Gasteiger partial charge in [0, 0.05) is 10.6 Å². The number of hydrazone groups is 1. The molecule has 5 nitrogen and oxygen atoms in total. The summed E-state index contributed by atoms with van der Waals surface area (Å²) in [4.78, 5) is 12.3. The van der Waals surface area contributed by atoms with Crippen LogP contribution in [0, 0.1) is 6.92 Å². The highest BCUT2D eigenvalue weighted by atomic mass is 35.5. The van der Waals surface area contributed by atoms with Crippen molar-refractivity contribution in [3.05, 3.63) is 106 Å². The van der Waals surface area contributed by atoms with Gasteiger partial charge in [-0.25, -0.2) is 5.43 Å². The molecular formula is C28H25ClN2O3. The minimum absolute atomic E-state index is 0.335. The van der Waals surface area contributed by atoms with Gasteiger partial charge in [-0.3, -0.25) is 4.79 Å². The van der Waals surface area contributed by atoms with Crippen LogP contribution in [-0.2, 0) is 6.61 Å². The number of rotatable bonds is 8. The summed E-state index contributed by atoms with van der Waals surface area (Å²) < 4.78 is 11.8. The standard InChI is InChI=1S/C28H25ClN2O3/c1-3-33-27-15-20(17-30-31-28(32)24-11-8-19(2)25(29)16-24)10-13-26(27)34-18-21-9-12-22-6-4-5-7-23(22)14-21/h4-17H,3,18H2,1-2H3,(H,31,32)/b30-17-. The van der Waals surface area contributed by atoms with Crippen LogP contribution < -0.4 is 14.9 Å². The Morgan fingerprint density at radius 1 is 0.941 bits per heavy atom. The molecular weight excluding hydrogens is 448 g/mol. The molecule has 0 aromatic heterocycles. The Hall–Kier alpha value is -3.83. The number of nitrogens with zero attached hydrogens (tertiary/aromatic N) is 1. The third kappa shape index (κ3) is 5.74. The van der Waals surface area contributed by atoms with Crippen molar-refractivity contribution in [3.63, 3.8) is 0 Å². The number of hydrogen-bond donors (Lipinski definition) is 1. The van der Waals surface area contributed by atoms with Crippen LogP contribution >= 0.6 is 11.6 Å². The lowest BCUT2D eigenvalue weighted by Gasteiger charge is -2.13. The number of nitrogens with one attached hydrogen (secondary N) is 1. The molecule has 34 heavy (non-hydrogen) atoms. The second-order valence-electron chi connectivity index (χ2n) is 7.77. The summed E-state index contributed by atoms with van der Waals surface area (Å²) in [6.07, 6.45) is 1.56. The van der Waals surface area contributed by atoms with Gasteiger partial charge in [-0.15, -0.1) is 0 Å². The Balaban J connectivity index is 1.42. The van der Waals surface area contributed by atoms with E-state index in [1.165, 1.54) is 10.8 Å². The summed E-state index contributed by atoms with van der Waals surface area (Å²) in [7, 11) is 0. The van der Waals surface area contributed by atoms with E-state index in [9.17, 15) is 4.79 Å². The number of halogens is 1. The second-order valence-corrected chi connectivity index (χ2v) is 8.18. The zero-order valence-electron chi connectivity index (χ0n) is 19.0. The minimum atomic E-state index is -0.335. The van der Waals surface area contributed by atoms with Crippen LogP contribution in [0.5, 0.6) is 11.5 Å². The molecule has 4 aromatic rings. The first-order valence-electron chi connectivity index (χ1n) is 11.0. The highest BCUT2D eigenvalue weighted by Crippen LogP contribution is 2.29. The lowest BCUT2D eigenvalue weighted by molar-refractivity contribution is 0.0955. The molecule has 0 aliphatic rings. The maximum atomic E-state index is 12.3. The molecule has 4 aromatic carbocycles. The molecule has 0 unspecified atom stereocenters. The fourth-order valence-corrected chi connectivity index (χ4v) is 3.63. The molecule has 0 heterocycles. The Bertz CT molecular complexity index is 1350. The number of fused-ring (bicyclic) bond motifs is 1. The van der Waals surface area contributed by atoms with Gasteiger partial charge < -0.3 is 9.47 Å². The molecule has 0 aliphatic heterocycles. The Morgan fingerprint density at radius 3 is 2.56 bits per heavy atom. The zero-order chi connectivity index (χ0) is 23.9. The van der Waals surface area contributed by atoms with Gasteiger partial charge in [-0.2, -0.15) is 5.10 Å². The summed E-state index contributed by atoms with van der Waals surface area (Å²) in [6.45, 7) is 4.72. The van der Waals surface area contributed by atoms with Crippen molar-refractivity contribution in [1.29, 1.82) is 0 Å². The number of hydrogen-bond acceptors (Lipinski definition) is 4. The van der Waals surface area contributed by atoms with E-state index in [0.717, 1.165) is 16.7 Å². The average molecular weight is 473 g/mol. The predicted octanol–water partition coefficient (Wildman–Crippen LogP) is 6.54. The van der Waals surface area contributed by atoms with Crippen LogP contribution in [0.1, 0.15) is 34.0 Å². The van der Waals surface area contributed by atoms with E-state index >= 15 is 0 Å². The molecule has 4 rings (SSSR count). The van der Waals surface area contributed by atoms with Crippen molar-refractivity contribution in [1.82, 2.24) is 5.43 Å². The molecule has 0 saturated carbocycles. The summed E-state index contributed by atoms with van der Waals surface area (Å²) in [6, 6.07) is 25.2. The van der Waals surface area contributed by atoms with Crippen LogP contribution in [0.25, 0.3) is 10.8 Å². The lowest BCUT2D eigenvalue weighted by Crippen LogP contribution is -2.17. The van der Waals surface area contributed by atoms with Crippen molar-refractivity contribution in [2.24, 2.45) is 5.10 Å². The van der Waals surface area contributed by atoms with Gasteiger partial charge >= 0.3 is 0 Å². The van der Waals surface area contributed by atoms with E-state index in [0.29, 0.717) is 35.3 Å². The second kappa shape index (κ2) is 10.9. The first-order valence-corrected chi connectivity index (χ1v) is 11.4.